The number of hydrogen-bond donors (Lipinski definition) is 1. The molecule has 0 spiro atoms. The van der Waals surface area contributed by atoms with Gasteiger partial charge in [0.2, 0.25) is 0 Å². The topological polar surface area (TPSA) is 29.5 Å². The Morgan fingerprint density at radius 2 is 1.40 bits per heavy atom. The van der Waals surface area contributed by atoms with Crippen molar-refractivity contribution in [1.29, 1.82) is 0 Å². The molecule has 0 aromatic heterocycles. The van der Waals surface area contributed by atoms with Gasteiger partial charge in [0, 0.05) is 5.56 Å². The molecular weight excluding hydrogens is 410 g/mol. The van der Waals surface area contributed by atoms with Gasteiger partial charge in [-0.15, -0.1) is 0 Å². The summed E-state index contributed by atoms with van der Waals surface area (Å²) < 4.78 is 84.0. The van der Waals surface area contributed by atoms with Gasteiger partial charge in [-0.1, -0.05) is 25.5 Å². The molecule has 30 heavy (non-hydrogen) atoms. The van der Waals surface area contributed by atoms with Crippen LogP contribution in [0.3, 0.4) is 0 Å². The summed E-state index contributed by atoms with van der Waals surface area (Å²) in [5.41, 5.74) is -0.892. The molecule has 1 N–H and O–H groups in total. The number of hydrogen-bond acceptors (Lipinski definition) is 2. The highest BCUT2D eigenvalue weighted by atomic mass is 19.2. The van der Waals surface area contributed by atoms with Crippen LogP contribution in [-0.4, -0.2) is 5.26 Å². The van der Waals surface area contributed by atoms with Crippen molar-refractivity contribution in [3.63, 3.8) is 0 Å². The molecular formula is C22H16F6O2. The fraction of sp³-hybridized carbons (Fsp3) is 0.182. The monoisotopic (exact) mass is 426 g/mol. The van der Waals surface area contributed by atoms with Gasteiger partial charge in [0.25, 0.3) is 0 Å². The summed E-state index contributed by atoms with van der Waals surface area (Å²) in [5.74, 6) is -8.23. The molecule has 0 amide bonds. The Morgan fingerprint density at radius 1 is 0.800 bits per heavy atom. The predicted octanol–water partition coefficient (Wildman–Crippen LogP) is 6.72. The van der Waals surface area contributed by atoms with E-state index in [4.69, 9.17) is 5.26 Å². The molecule has 0 radical (unpaired) electrons. The molecule has 0 aliphatic carbocycles. The van der Waals surface area contributed by atoms with E-state index < -0.39 is 52.1 Å². The second-order valence-electron chi connectivity index (χ2n) is 6.70. The third-order valence-electron chi connectivity index (χ3n) is 4.64. The van der Waals surface area contributed by atoms with Gasteiger partial charge in [0.15, 0.2) is 17.5 Å². The van der Waals surface area contributed by atoms with Gasteiger partial charge >= 0.3 is 0 Å². The van der Waals surface area contributed by atoms with E-state index in [1.807, 2.05) is 6.92 Å². The molecule has 3 aromatic rings. The van der Waals surface area contributed by atoms with E-state index in [-0.39, 0.29) is 11.1 Å². The summed E-state index contributed by atoms with van der Waals surface area (Å²) in [6, 6.07) is 6.79. The van der Waals surface area contributed by atoms with Crippen LogP contribution in [0.15, 0.2) is 42.5 Å². The fourth-order valence-corrected chi connectivity index (χ4v) is 3.23. The minimum atomic E-state index is -1.99. The van der Waals surface area contributed by atoms with Crippen LogP contribution < -0.4 is 0 Å². The summed E-state index contributed by atoms with van der Waals surface area (Å²) in [6.45, 7) is 1.92. The molecule has 1 unspecified atom stereocenters. The van der Waals surface area contributed by atoms with Crippen LogP contribution in [0, 0.1) is 34.9 Å². The largest absolute Gasteiger partial charge is 0.251 e. The first-order valence-electron chi connectivity index (χ1n) is 8.99. The Bertz CT molecular complexity index is 1040. The van der Waals surface area contributed by atoms with Gasteiger partial charge in [-0.2, -0.15) is 0 Å². The Kier molecular flexibility index (Phi) is 6.48. The van der Waals surface area contributed by atoms with E-state index in [9.17, 15) is 26.3 Å². The van der Waals surface area contributed by atoms with Crippen molar-refractivity contribution < 1.29 is 36.5 Å². The van der Waals surface area contributed by atoms with Crippen molar-refractivity contribution in [2.75, 3.05) is 0 Å². The van der Waals surface area contributed by atoms with Crippen LogP contribution in [0.1, 0.15) is 36.1 Å². The third-order valence-corrected chi connectivity index (χ3v) is 4.64. The lowest BCUT2D eigenvalue weighted by Crippen LogP contribution is -2.11. The van der Waals surface area contributed by atoms with E-state index in [0.717, 1.165) is 24.1 Å². The molecule has 8 heteroatoms. The number of halogens is 6. The number of benzene rings is 3. The highest BCUT2D eigenvalue weighted by molar-refractivity contribution is 5.65. The first kappa shape index (κ1) is 21.9. The zero-order chi connectivity index (χ0) is 22.0. The zero-order valence-electron chi connectivity index (χ0n) is 15.7. The SMILES string of the molecule is CCCc1ccc(-c2cc(F)c(C(OO)c3cc(F)c(F)c(F)c3)c(F)c2)c(F)c1. The van der Waals surface area contributed by atoms with Crippen LogP contribution in [0.2, 0.25) is 0 Å². The van der Waals surface area contributed by atoms with E-state index in [0.29, 0.717) is 18.6 Å². The van der Waals surface area contributed by atoms with E-state index in [1.54, 1.807) is 6.07 Å². The molecule has 158 valence electrons. The maximum atomic E-state index is 14.7. The van der Waals surface area contributed by atoms with Crippen molar-refractivity contribution in [2.24, 2.45) is 0 Å². The van der Waals surface area contributed by atoms with Gasteiger partial charge in [-0.25, -0.2) is 31.2 Å². The molecule has 1 atom stereocenters. The highest BCUT2D eigenvalue weighted by Crippen LogP contribution is 2.35. The first-order chi connectivity index (χ1) is 14.3. The van der Waals surface area contributed by atoms with Crippen molar-refractivity contribution in [1.82, 2.24) is 0 Å². The molecule has 3 aromatic carbocycles. The van der Waals surface area contributed by atoms with Crippen LogP contribution in [0.4, 0.5) is 26.3 Å². The Hall–Kier alpha value is -2.84. The van der Waals surface area contributed by atoms with E-state index in [1.165, 1.54) is 12.1 Å². The second kappa shape index (κ2) is 8.89. The average Bonchev–Trinajstić information content (AvgIpc) is 2.68. The van der Waals surface area contributed by atoms with Crippen LogP contribution in [-0.2, 0) is 11.3 Å². The third kappa shape index (κ3) is 4.20. The molecule has 0 saturated carbocycles. The van der Waals surface area contributed by atoms with Crippen molar-refractivity contribution >= 4 is 0 Å². The Labute approximate surface area is 168 Å². The average molecular weight is 426 g/mol. The first-order valence-corrected chi connectivity index (χ1v) is 8.99. The molecule has 0 fully saturated rings. The second-order valence-corrected chi connectivity index (χ2v) is 6.70. The van der Waals surface area contributed by atoms with E-state index >= 15 is 0 Å². The molecule has 0 aliphatic heterocycles. The summed E-state index contributed by atoms with van der Waals surface area (Å²) >= 11 is 0. The van der Waals surface area contributed by atoms with Crippen LogP contribution in [0.5, 0.6) is 0 Å². The van der Waals surface area contributed by atoms with Crippen LogP contribution in [0.25, 0.3) is 11.1 Å². The van der Waals surface area contributed by atoms with Crippen molar-refractivity contribution in [2.45, 2.75) is 25.9 Å². The maximum Gasteiger partial charge on any atom is 0.194 e. The van der Waals surface area contributed by atoms with E-state index in [2.05, 4.69) is 4.89 Å². The predicted molar refractivity (Wildman–Crippen MR) is 97.6 cm³/mol. The van der Waals surface area contributed by atoms with Gasteiger partial charge in [0.05, 0.1) is 5.56 Å². The lowest BCUT2D eigenvalue weighted by Gasteiger charge is -2.17. The smallest absolute Gasteiger partial charge is 0.194 e. The standard InChI is InChI=1S/C22H16F6O2/c1-2-3-11-4-5-14(15(23)6-11)12-7-16(24)20(17(25)8-12)22(30-29)13-9-18(26)21(28)19(27)10-13/h4-10,22,29H,2-3H2,1H3. The molecule has 0 saturated heterocycles. The van der Waals surface area contributed by atoms with Crippen LogP contribution >= 0.6 is 0 Å². The lowest BCUT2D eigenvalue weighted by atomic mass is 9.95. The van der Waals surface area contributed by atoms with Gasteiger partial charge < -0.3 is 0 Å². The number of rotatable bonds is 6. The molecule has 2 nitrogen and oxygen atoms in total. The Morgan fingerprint density at radius 3 is 1.90 bits per heavy atom. The normalized spacial score (nSPS) is 12.3. The molecule has 0 bridgehead atoms. The number of aryl methyl sites for hydroxylation is 1. The maximum absolute atomic E-state index is 14.7. The minimum Gasteiger partial charge on any atom is -0.251 e. The van der Waals surface area contributed by atoms with Gasteiger partial charge in [-0.3, -0.25) is 5.26 Å². The van der Waals surface area contributed by atoms with Crippen molar-refractivity contribution in [3.8, 4) is 11.1 Å². The Balaban J connectivity index is 2.06. The quantitative estimate of drug-likeness (QED) is 0.205. The van der Waals surface area contributed by atoms with Gasteiger partial charge in [-0.05, 0) is 53.4 Å². The molecule has 3 rings (SSSR count). The summed E-state index contributed by atoms with van der Waals surface area (Å²) in [6.07, 6.45) is -0.552. The minimum absolute atomic E-state index is 0.0560. The molecule has 0 heterocycles. The summed E-state index contributed by atoms with van der Waals surface area (Å²) in [4.78, 5) is 4.04. The summed E-state index contributed by atoms with van der Waals surface area (Å²) in [5, 5.41) is 9.11. The zero-order valence-corrected chi connectivity index (χ0v) is 15.7. The fourth-order valence-electron chi connectivity index (χ4n) is 3.23. The lowest BCUT2D eigenvalue weighted by molar-refractivity contribution is -0.271. The summed E-state index contributed by atoms with van der Waals surface area (Å²) in [7, 11) is 0. The highest BCUT2D eigenvalue weighted by Gasteiger charge is 2.27. The van der Waals surface area contributed by atoms with Gasteiger partial charge in [0.1, 0.15) is 23.6 Å². The van der Waals surface area contributed by atoms with Crippen molar-refractivity contribution in [3.05, 3.63) is 94.1 Å². The molecule has 0 aliphatic rings.